The lowest BCUT2D eigenvalue weighted by Gasteiger charge is -2.11. The maximum atomic E-state index is 4.47. The van der Waals surface area contributed by atoms with E-state index in [0.29, 0.717) is 12.1 Å². The van der Waals surface area contributed by atoms with E-state index in [-0.39, 0.29) is 0 Å². The van der Waals surface area contributed by atoms with E-state index in [1.807, 2.05) is 16.9 Å². The van der Waals surface area contributed by atoms with Gasteiger partial charge in [-0.15, -0.1) is 5.10 Å². The molecule has 0 bridgehead atoms. The van der Waals surface area contributed by atoms with Crippen LogP contribution in [0.4, 0.5) is 0 Å². The van der Waals surface area contributed by atoms with Crippen molar-refractivity contribution in [2.45, 2.75) is 55.5 Å². The van der Waals surface area contributed by atoms with Crippen LogP contribution in [-0.2, 0) is 6.54 Å². The summed E-state index contributed by atoms with van der Waals surface area (Å²) in [6, 6.07) is 4.99. The zero-order valence-corrected chi connectivity index (χ0v) is 12.5. The first kappa shape index (κ1) is 13.5. The summed E-state index contributed by atoms with van der Waals surface area (Å²) in [5, 5.41) is 17.2. The van der Waals surface area contributed by atoms with Gasteiger partial charge in [0.1, 0.15) is 5.03 Å². The van der Waals surface area contributed by atoms with Gasteiger partial charge < -0.3 is 5.32 Å². The maximum absolute atomic E-state index is 4.47. The Bertz CT molecular complexity index is 578. The van der Waals surface area contributed by atoms with Crippen molar-refractivity contribution < 1.29 is 0 Å². The van der Waals surface area contributed by atoms with Crippen molar-refractivity contribution >= 4 is 11.8 Å². The molecule has 7 heteroatoms. The lowest BCUT2D eigenvalue weighted by atomic mass is 10.2. The Balaban J connectivity index is 1.77. The van der Waals surface area contributed by atoms with E-state index in [4.69, 9.17) is 0 Å². The van der Waals surface area contributed by atoms with E-state index < -0.39 is 0 Å². The molecule has 2 aromatic rings. The molecule has 2 aromatic heterocycles. The van der Waals surface area contributed by atoms with Crippen LogP contribution in [0, 0.1) is 0 Å². The Kier molecular flexibility index (Phi) is 3.98. The van der Waals surface area contributed by atoms with E-state index in [1.165, 1.54) is 18.4 Å². The number of rotatable bonds is 6. The Morgan fingerprint density at radius 1 is 1.45 bits per heavy atom. The van der Waals surface area contributed by atoms with Crippen LogP contribution in [0.15, 0.2) is 28.5 Å². The van der Waals surface area contributed by atoms with Crippen LogP contribution in [0.1, 0.15) is 38.3 Å². The van der Waals surface area contributed by atoms with Gasteiger partial charge in [-0.25, -0.2) is 9.67 Å². The predicted molar refractivity (Wildman–Crippen MR) is 76.4 cm³/mol. The molecule has 0 unspecified atom stereocenters. The predicted octanol–water partition coefficient (Wildman–Crippen LogP) is 2.05. The molecular weight excluding hydrogens is 272 g/mol. The van der Waals surface area contributed by atoms with Crippen LogP contribution in [0.25, 0.3) is 0 Å². The maximum Gasteiger partial charge on any atom is 0.215 e. The minimum absolute atomic E-state index is 0.449. The third-order valence-electron chi connectivity index (χ3n) is 3.09. The Morgan fingerprint density at radius 2 is 2.30 bits per heavy atom. The van der Waals surface area contributed by atoms with Gasteiger partial charge in [0.2, 0.25) is 5.16 Å². The number of tetrazole rings is 1. The van der Waals surface area contributed by atoms with Crippen molar-refractivity contribution in [2.75, 3.05) is 0 Å². The van der Waals surface area contributed by atoms with Gasteiger partial charge in [-0.3, -0.25) is 0 Å². The first-order valence-electron chi connectivity index (χ1n) is 6.87. The molecule has 106 valence electrons. The summed E-state index contributed by atoms with van der Waals surface area (Å²) in [7, 11) is 0. The quantitative estimate of drug-likeness (QED) is 0.878. The largest absolute Gasteiger partial charge is 0.310 e. The molecule has 3 rings (SSSR count). The molecule has 1 aliphatic carbocycles. The minimum Gasteiger partial charge on any atom is -0.310 e. The monoisotopic (exact) mass is 290 g/mol. The second kappa shape index (κ2) is 5.88. The first-order valence-corrected chi connectivity index (χ1v) is 7.68. The Morgan fingerprint density at radius 3 is 3.05 bits per heavy atom. The van der Waals surface area contributed by atoms with Crippen molar-refractivity contribution in [3.05, 3.63) is 23.9 Å². The zero-order chi connectivity index (χ0) is 13.9. The second-order valence-corrected chi connectivity index (χ2v) is 6.20. The fraction of sp³-hybridized carbons (Fsp3) is 0.538. The molecule has 0 amide bonds. The highest BCUT2D eigenvalue weighted by Crippen LogP contribution is 2.38. The summed E-state index contributed by atoms with van der Waals surface area (Å²) in [6.07, 6.45) is 4.15. The number of hydrogen-bond acceptors (Lipinski definition) is 6. The molecule has 0 atom stereocenters. The molecule has 1 aliphatic rings. The number of pyridine rings is 1. The average molecular weight is 290 g/mol. The molecule has 0 spiro atoms. The van der Waals surface area contributed by atoms with Gasteiger partial charge in [0.25, 0.3) is 0 Å². The van der Waals surface area contributed by atoms with Gasteiger partial charge in [-0.05, 0) is 46.7 Å². The van der Waals surface area contributed by atoms with Crippen LogP contribution < -0.4 is 5.32 Å². The lowest BCUT2D eigenvalue weighted by Crippen LogP contribution is -2.22. The van der Waals surface area contributed by atoms with Gasteiger partial charge in [-0.2, -0.15) is 0 Å². The highest BCUT2D eigenvalue weighted by Gasteiger charge is 2.28. The van der Waals surface area contributed by atoms with Gasteiger partial charge in [-0.1, -0.05) is 19.9 Å². The molecule has 1 fully saturated rings. The summed E-state index contributed by atoms with van der Waals surface area (Å²) in [4.78, 5) is 4.47. The van der Waals surface area contributed by atoms with E-state index in [2.05, 4.69) is 45.7 Å². The molecule has 0 aliphatic heterocycles. The van der Waals surface area contributed by atoms with Crippen molar-refractivity contribution in [1.82, 2.24) is 30.5 Å². The Labute approximate surface area is 122 Å². The number of nitrogens with one attached hydrogen (secondary N) is 1. The molecule has 6 nitrogen and oxygen atoms in total. The summed E-state index contributed by atoms with van der Waals surface area (Å²) in [5.74, 6) is 0. The van der Waals surface area contributed by atoms with Gasteiger partial charge in [0.15, 0.2) is 0 Å². The fourth-order valence-electron chi connectivity index (χ4n) is 1.85. The van der Waals surface area contributed by atoms with E-state index >= 15 is 0 Å². The fourth-order valence-corrected chi connectivity index (χ4v) is 2.77. The standard InChI is InChI=1S/C13H18N6S/c1-9(2)15-8-10-4-3-7-14-12(10)20-13-16-17-18-19(13)11-5-6-11/h3-4,7,9,11,15H,5-6,8H2,1-2H3. The van der Waals surface area contributed by atoms with E-state index in [0.717, 1.165) is 16.7 Å². The van der Waals surface area contributed by atoms with Gasteiger partial charge in [0.05, 0.1) is 6.04 Å². The molecule has 1 saturated carbocycles. The highest BCUT2D eigenvalue weighted by atomic mass is 32.2. The molecule has 2 heterocycles. The zero-order valence-electron chi connectivity index (χ0n) is 11.7. The SMILES string of the molecule is CC(C)NCc1cccnc1Sc1nnnn1C1CC1. The smallest absolute Gasteiger partial charge is 0.215 e. The Hall–Kier alpha value is -1.47. The van der Waals surface area contributed by atoms with Gasteiger partial charge >= 0.3 is 0 Å². The third kappa shape index (κ3) is 3.16. The number of aromatic nitrogens is 5. The third-order valence-corrected chi connectivity index (χ3v) is 4.11. The number of nitrogens with zero attached hydrogens (tertiary/aromatic N) is 5. The van der Waals surface area contributed by atoms with Crippen molar-refractivity contribution in [3.63, 3.8) is 0 Å². The molecule has 20 heavy (non-hydrogen) atoms. The second-order valence-electron chi connectivity index (χ2n) is 5.24. The lowest BCUT2D eigenvalue weighted by molar-refractivity contribution is 0.564. The number of hydrogen-bond donors (Lipinski definition) is 1. The van der Waals surface area contributed by atoms with Crippen molar-refractivity contribution in [3.8, 4) is 0 Å². The molecular formula is C13H18N6S. The average Bonchev–Trinajstić information content (AvgIpc) is 3.18. The van der Waals surface area contributed by atoms with Gasteiger partial charge in [0, 0.05) is 18.8 Å². The van der Waals surface area contributed by atoms with E-state index in [1.54, 1.807) is 11.8 Å². The normalized spacial score (nSPS) is 14.9. The van der Waals surface area contributed by atoms with Crippen molar-refractivity contribution in [2.24, 2.45) is 0 Å². The topological polar surface area (TPSA) is 68.5 Å². The summed E-state index contributed by atoms with van der Waals surface area (Å²) >= 11 is 1.54. The minimum atomic E-state index is 0.449. The molecule has 1 N–H and O–H groups in total. The van der Waals surface area contributed by atoms with Crippen LogP contribution in [0.2, 0.25) is 0 Å². The molecule has 0 radical (unpaired) electrons. The molecule has 0 aromatic carbocycles. The van der Waals surface area contributed by atoms with Crippen LogP contribution in [0.3, 0.4) is 0 Å². The first-order chi connectivity index (χ1) is 9.74. The van der Waals surface area contributed by atoms with E-state index in [9.17, 15) is 0 Å². The van der Waals surface area contributed by atoms with Crippen molar-refractivity contribution in [1.29, 1.82) is 0 Å². The van der Waals surface area contributed by atoms with Crippen LogP contribution in [-0.4, -0.2) is 31.2 Å². The highest BCUT2D eigenvalue weighted by molar-refractivity contribution is 7.99. The van der Waals surface area contributed by atoms with Crippen LogP contribution in [0.5, 0.6) is 0 Å². The summed E-state index contributed by atoms with van der Waals surface area (Å²) < 4.78 is 1.92. The summed E-state index contributed by atoms with van der Waals surface area (Å²) in [6.45, 7) is 5.08. The van der Waals surface area contributed by atoms with Crippen LogP contribution >= 0.6 is 11.8 Å². The molecule has 0 saturated heterocycles. The summed E-state index contributed by atoms with van der Waals surface area (Å²) in [5.41, 5.74) is 1.18.